The summed E-state index contributed by atoms with van der Waals surface area (Å²) in [4.78, 5) is 15.8. The van der Waals surface area contributed by atoms with E-state index in [4.69, 9.17) is 11.6 Å². The molecule has 0 radical (unpaired) electrons. The number of anilines is 1. The van der Waals surface area contributed by atoms with Gasteiger partial charge in [0, 0.05) is 6.54 Å². The number of halogens is 1. The van der Waals surface area contributed by atoms with Crippen LogP contribution in [0.25, 0.3) is 0 Å². The topological polar surface area (TPSA) is 71.5 Å². The van der Waals surface area contributed by atoms with Crippen molar-refractivity contribution < 1.29 is 14.6 Å². The number of nitrogens with one attached hydrogen (secondary N) is 1. The number of methoxy groups -OCH3 is 1. The fraction of sp³-hybridized carbons (Fsp3) is 0.714. The van der Waals surface area contributed by atoms with E-state index >= 15 is 0 Å². The highest BCUT2D eigenvalue weighted by Crippen LogP contribution is 2.34. The molecule has 0 aromatic carbocycles. The van der Waals surface area contributed by atoms with Crippen molar-refractivity contribution in [2.75, 3.05) is 19.0 Å². The lowest BCUT2D eigenvalue weighted by Crippen LogP contribution is -2.40. The zero-order valence-electron chi connectivity index (χ0n) is 12.3. The summed E-state index contributed by atoms with van der Waals surface area (Å²) in [5.41, 5.74) is -0.699. The molecule has 0 bridgehead atoms. The molecule has 0 aliphatic heterocycles. The van der Waals surface area contributed by atoms with Gasteiger partial charge in [0.05, 0.1) is 12.7 Å². The maximum Gasteiger partial charge on any atom is 0.351 e. The minimum absolute atomic E-state index is 0.135. The number of esters is 1. The Labute approximate surface area is 133 Å². The van der Waals surface area contributed by atoms with Crippen molar-refractivity contribution in [3.63, 3.8) is 0 Å². The summed E-state index contributed by atoms with van der Waals surface area (Å²) in [6.07, 6.45) is 4.87. The number of nitrogens with zero attached hydrogens (tertiary/aromatic N) is 1. The molecule has 5 nitrogen and oxygen atoms in total. The molecular weight excluding hydrogens is 312 g/mol. The molecule has 0 unspecified atom stereocenters. The molecule has 2 rings (SSSR count). The second-order valence-corrected chi connectivity index (χ2v) is 6.92. The van der Waals surface area contributed by atoms with Crippen LogP contribution in [0.15, 0.2) is 0 Å². The lowest BCUT2D eigenvalue weighted by atomic mass is 9.78. The van der Waals surface area contributed by atoms with Gasteiger partial charge in [-0.1, -0.05) is 36.3 Å². The molecule has 1 aromatic rings. The number of ether oxygens (including phenoxy) is 1. The van der Waals surface area contributed by atoms with E-state index in [2.05, 4.69) is 22.0 Å². The molecule has 0 atom stereocenters. The highest BCUT2D eigenvalue weighted by atomic mass is 35.5. The van der Waals surface area contributed by atoms with Gasteiger partial charge in [0.25, 0.3) is 0 Å². The van der Waals surface area contributed by atoms with Gasteiger partial charge >= 0.3 is 5.97 Å². The predicted molar refractivity (Wildman–Crippen MR) is 84.2 cm³/mol. The molecule has 1 aliphatic rings. The van der Waals surface area contributed by atoms with Gasteiger partial charge in [0.15, 0.2) is 15.2 Å². The standard InChI is InChI=1S/C14H21ClN2O3S/c1-3-9-4-6-14(19,7-5-9)8-16-13-17-11(15)10(21-13)12(18)20-2/h9,19H,3-8H2,1-2H3,(H,16,17). The van der Waals surface area contributed by atoms with E-state index in [1.165, 1.54) is 13.5 Å². The number of aliphatic hydroxyl groups is 1. The fourth-order valence-electron chi connectivity index (χ4n) is 2.64. The first-order valence-corrected chi connectivity index (χ1v) is 8.38. The first-order chi connectivity index (χ1) is 9.97. The number of hydrogen-bond donors (Lipinski definition) is 2. The SMILES string of the molecule is CCC1CCC(O)(CNc2nc(Cl)c(C(=O)OC)s2)CC1. The number of carbonyl (C=O) groups is 1. The molecule has 1 fully saturated rings. The molecule has 1 heterocycles. The number of hydrogen-bond acceptors (Lipinski definition) is 6. The minimum Gasteiger partial charge on any atom is -0.465 e. The first-order valence-electron chi connectivity index (χ1n) is 7.18. The number of rotatable bonds is 5. The molecule has 21 heavy (non-hydrogen) atoms. The van der Waals surface area contributed by atoms with Gasteiger partial charge in [-0.25, -0.2) is 9.78 Å². The molecule has 118 valence electrons. The van der Waals surface area contributed by atoms with Crippen molar-refractivity contribution >= 4 is 34.0 Å². The number of thiazole rings is 1. The monoisotopic (exact) mass is 332 g/mol. The molecule has 2 N–H and O–H groups in total. The van der Waals surface area contributed by atoms with Crippen LogP contribution in [0.3, 0.4) is 0 Å². The summed E-state index contributed by atoms with van der Waals surface area (Å²) in [5, 5.41) is 14.3. The van der Waals surface area contributed by atoms with Gasteiger partial charge in [0.1, 0.15) is 0 Å². The third-order valence-corrected chi connectivity index (χ3v) is 5.52. The Hall–Kier alpha value is -0.850. The van der Waals surface area contributed by atoms with Crippen LogP contribution in [0.5, 0.6) is 0 Å². The largest absolute Gasteiger partial charge is 0.465 e. The van der Waals surface area contributed by atoms with Crippen molar-refractivity contribution in [3.05, 3.63) is 10.0 Å². The quantitative estimate of drug-likeness (QED) is 0.809. The van der Waals surface area contributed by atoms with Crippen molar-refractivity contribution in [2.45, 2.75) is 44.6 Å². The Morgan fingerprint density at radius 3 is 2.81 bits per heavy atom. The van der Waals surface area contributed by atoms with E-state index in [0.717, 1.165) is 42.9 Å². The number of carbonyl (C=O) groups excluding carboxylic acids is 1. The zero-order chi connectivity index (χ0) is 15.5. The minimum atomic E-state index is -0.699. The van der Waals surface area contributed by atoms with Gasteiger partial charge in [0.2, 0.25) is 0 Å². The average Bonchev–Trinajstić information content (AvgIpc) is 2.86. The summed E-state index contributed by atoms with van der Waals surface area (Å²) in [5.74, 6) is 0.234. The van der Waals surface area contributed by atoms with Gasteiger partial charge in [-0.05, 0) is 31.6 Å². The summed E-state index contributed by atoms with van der Waals surface area (Å²) in [6, 6.07) is 0. The second-order valence-electron chi connectivity index (χ2n) is 5.56. The molecule has 0 amide bonds. The Kier molecular flexibility index (Phi) is 5.46. The normalized spacial score (nSPS) is 25.6. The van der Waals surface area contributed by atoms with Crippen LogP contribution in [0.2, 0.25) is 5.15 Å². The lowest BCUT2D eigenvalue weighted by Gasteiger charge is -2.35. The third-order valence-electron chi connectivity index (χ3n) is 4.14. The third kappa shape index (κ3) is 4.08. The van der Waals surface area contributed by atoms with Crippen LogP contribution in [-0.2, 0) is 4.74 Å². The zero-order valence-corrected chi connectivity index (χ0v) is 13.9. The van der Waals surface area contributed by atoms with Crippen LogP contribution in [0.1, 0.15) is 48.7 Å². The van der Waals surface area contributed by atoms with Gasteiger partial charge in [-0.2, -0.15) is 0 Å². The second kappa shape index (κ2) is 6.94. The van der Waals surface area contributed by atoms with Crippen molar-refractivity contribution in [3.8, 4) is 0 Å². The average molecular weight is 333 g/mol. The molecule has 7 heteroatoms. The predicted octanol–water partition coefficient (Wildman–Crippen LogP) is 3.33. The van der Waals surface area contributed by atoms with E-state index in [-0.39, 0.29) is 10.0 Å². The highest BCUT2D eigenvalue weighted by Gasteiger charge is 2.32. The van der Waals surface area contributed by atoms with Gasteiger partial charge in [-0.15, -0.1) is 0 Å². The van der Waals surface area contributed by atoms with Crippen LogP contribution >= 0.6 is 22.9 Å². The van der Waals surface area contributed by atoms with Crippen LogP contribution in [-0.4, -0.2) is 35.3 Å². The number of aromatic nitrogens is 1. The summed E-state index contributed by atoms with van der Waals surface area (Å²) >= 11 is 7.05. The van der Waals surface area contributed by atoms with Crippen molar-refractivity contribution in [1.29, 1.82) is 0 Å². The fourth-order valence-corrected chi connectivity index (χ4v) is 3.73. The maximum atomic E-state index is 11.5. The van der Waals surface area contributed by atoms with E-state index in [1.54, 1.807) is 0 Å². The molecule has 0 spiro atoms. The van der Waals surface area contributed by atoms with Crippen molar-refractivity contribution in [2.24, 2.45) is 5.92 Å². The summed E-state index contributed by atoms with van der Waals surface area (Å²) in [6.45, 7) is 2.62. The Morgan fingerprint density at radius 2 is 2.24 bits per heavy atom. The van der Waals surface area contributed by atoms with Gasteiger partial charge < -0.3 is 15.2 Å². The smallest absolute Gasteiger partial charge is 0.351 e. The summed E-state index contributed by atoms with van der Waals surface area (Å²) < 4.78 is 4.64. The van der Waals surface area contributed by atoms with E-state index in [9.17, 15) is 9.90 Å². The maximum absolute atomic E-state index is 11.5. The van der Waals surface area contributed by atoms with Crippen LogP contribution in [0.4, 0.5) is 5.13 Å². The van der Waals surface area contributed by atoms with Gasteiger partial charge in [-0.3, -0.25) is 0 Å². The highest BCUT2D eigenvalue weighted by molar-refractivity contribution is 7.18. The molecule has 1 aliphatic carbocycles. The van der Waals surface area contributed by atoms with E-state index in [1.807, 2.05) is 0 Å². The Balaban J connectivity index is 1.93. The lowest BCUT2D eigenvalue weighted by molar-refractivity contribution is 0.00229. The van der Waals surface area contributed by atoms with Crippen LogP contribution in [0, 0.1) is 5.92 Å². The van der Waals surface area contributed by atoms with E-state index < -0.39 is 11.6 Å². The Morgan fingerprint density at radius 1 is 1.57 bits per heavy atom. The first kappa shape index (κ1) is 16.5. The summed E-state index contributed by atoms with van der Waals surface area (Å²) in [7, 11) is 1.31. The molecule has 1 saturated carbocycles. The van der Waals surface area contributed by atoms with Crippen molar-refractivity contribution in [1.82, 2.24) is 4.98 Å². The van der Waals surface area contributed by atoms with E-state index in [0.29, 0.717) is 11.7 Å². The molecular formula is C14H21ClN2O3S. The molecule has 1 aromatic heterocycles. The van der Waals surface area contributed by atoms with Crippen LogP contribution < -0.4 is 5.32 Å². The Bertz CT molecular complexity index is 498. The molecule has 0 saturated heterocycles.